The van der Waals surface area contributed by atoms with Crippen LogP contribution >= 0.6 is 34.8 Å². The monoisotopic (exact) mass is 304 g/mol. The first-order valence-corrected chi connectivity index (χ1v) is 6.02. The molecule has 1 aromatic heterocycles. The van der Waals surface area contributed by atoms with Crippen LogP contribution in [0.3, 0.4) is 0 Å². The standard InChI is InChI=1S/C11H7Cl3N2O2/c1-5-2-3-6(12)10(9(5)14)16-8(17)4-7(13)15-11(16)18/h2-4H,1H3,(H,15,18). The summed E-state index contributed by atoms with van der Waals surface area (Å²) in [4.78, 5) is 25.9. The Bertz CT molecular complexity index is 703. The highest BCUT2D eigenvalue weighted by Gasteiger charge is 2.15. The van der Waals surface area contributed by atoms with Gasteiger partial charge in [-0.2, -0.15) is 0 Å². The molecule has 0 bridgehead atoms. The van der Waals surface area contributed by atoms with Crippen molar-refractivity contribution in [1.82, 2.24) is 9.55 Å². The smallest absolute Gasteiger partial charge is 0.297 e. The molecule has 4 nitrogen and oxygen atoms in total. The highest BCUT2D eigenvalue weighted by molar-refractivity contribution is 6.38. The lowest BCUT2D eigenvalue weighted by atomic mass is 10.2. The van der Waals surface area contributed by atoms with Gasteiger partial charge in [0.25, 0.3) is 5.56 Å². The summed E-state index contributed by atoms with van der Waals surface area (Å²) in [6, 6.07) is 4.35. The fourth-order valence-electron chi connectivity index (χ4n) is 1.53. The predicted molar refractivity (Wildman–Crippen MR) is 72.4 cm³/mol. The maximum atomic E-state index is 11.8. The maximum Gasteiger partial charge on any atom is 0.334 e. The van der Waals surface area contributed by atoms with Gasteiger partial charge in [-0.05, 0) is 18.6 Å². The molecule has 0 saturated carbocycles. The molecule has 7 heteroatoms. The molecule has 0 saturated heterocycles. The number of H-pyrrole nitrogens is 1. The van der Waals surface area contributed by atoms with Crippen LogP contribution in [0.25, 0.3) is 5.69 Å². The third kappa shape index (κ3) is 2.19. The molecule has 0 unspecified atom stereocenters. The first kappa shape index (κ1) is 13.2. The zero-order valence-electron chi connectivity index (χ0n) is 9.13. The average Bonchev–Trinajstić information content (AvgIpc) is 2.27. The van der Waals surface area contributed by atoms with E-state index in [1.165, 1.54) is 0 Å². The number of aromatic amines is 1. The first-order chi connectivity index (χ1) is 8.41. The number of nitrogens with one attached hydrogen (secondary N) is 1. The van der Waals surface area contributed by atoms with Crippen molar-refractivity contribution < 1.29 is 0 Å². The number of benzene rings is 1. The summed E-state index contributed by atoms with van der Waals surface area (Å²) in [6.45, 7) is 1.75. The fraction of sp³-hybridized carbons (Fsp3) is 0.0909. The minimum absolute atomic E-state index is 0.0406. The molecule has 0 aliphatic heterocycles. The molecule has 0 atom stereocenters. The van der Waals surface area contributed by atoms with Crippen molar-refractivity contribution in [2.24, 2.45) is 0 Å². The lowest BCUT2D eigenvalue weighted by Crippen LogP contribution is -2.33. The molecule has 0 amide bonds. The normalized spacial score (nSPS) is 10.7. The van der Waals surface area contributed by atoms with Crippen molar-refractivity contribution in [3.63, 3.8) is 0 Å². The van der Waals surface area contributed by atoms with E-state index < -0.39 is 11.2 Å². The largest absolute Gasteiger partial charge is 0.334 e. The molecule has 2 rings (SSSR count). The number of nitrogens with zero attached hydrogens (tertiary/aromatic N) is 1. The Balaban J connectivity index is 2.91. The molecule has 18 heavy (non-hydrogen) atoms. The Labute approximate surface area is 117 Å². The van der Waals surface area contributed by atoms with E-state index in [1.54, 1.807) is 19.1 Å². The van der Waals surface area contributed by atoms with Crippen molar-refractivity contribution in [2.45, 2.75) is 6.92 Å². The Hall–Kier alpha value is -1.23. The molecule has 0 aliphatic rings. The number of hydrogen-bond acceptors (Lipinski definition) is 2. The SMILES string of the molecule is Cc1ccc(Cl)c(-n2c(=O)cc(Cl)[nH]c2=O)c1Cl. The highest BCUT2D eigenvalue weighted by atomic mass is 35.5. The second kappa shape index (κ2) is 4.80. The molecular weight excluding hydrogens is 298 g/mol. The lowest BCUT2D eigenvalue weighted by Gasteiger charge is -2.10. The van der Waals surface area contributed by atoms with Crippen molar-refractivity contribution >= 4 is 34.8 Å². The number of halogens is 3. The van der Waals surface area contributed by atoms with Gasteiger partial charge >= 0.3 is 5.69 Å². The topological polar surface area (TPSA) is 54.9 Å². The van der Waals surface area contributed by atoms with Gasteiger partial charge in [0.15, 0.2) is 0 Å². The second-order valence-electron chi connectivity index (χ2n) is 3.62. The van der Waals surface area contributed by atoms with Gasteiger partial charge in [-0.25, -0.2) is 9.36 Å². The van der Waals surface area contributed by atoms with Crippen molar-refractivity contribution in [2.75, 3.05) is 0 Å². The van der Waals surface area contributed by atoms with Crippen LogP contribution in [-0.2, 0) is 0 Å². The predicted octanol–water partition coefficient (Wildman–Crippen LogP) is 2.79. The summed E-state index contributed by atoms with van der Waals surface area (Å²) < 4.78 is 0.851. The summed E-state index contributed by atoms with van der Waals surface area (Å²) in [5.74, 6) is 0. The van der Waals surface area contributed by atoms with Crippen LogP contribution < -0.4 is 11.2 Å². The summed E-state index contributed by atoms with van der Waals surface area (Å²) in [6.07, 6.45) is 0. The number of rotatable bonds is 1. The van der Waals surface area contributed by atoms with E-state index in [4.69, 9.17) is 34.8 Å². The van der Waals surface area contributed by atoms with E-state index in [0.717, 1.165) is 10.6 Å². The van der Waals surface area contributed by atoms with Crippen LogP contribution in [0.2, 0.25) is 15.2 Å². The van der Waals surface area contributed by atoms with Gasteiger partial charge in [0.2, 0.25) is 0 Å². The third-order valence-electron chi connectivity index (χ3n) is 2.38. The maximum absolute atomic E-state index is 11.8. The van der Waals surface area contributed by atoms with Gasteiger partial charge < -0.3 is 0 Å². The quantitative estimate of drug-likeness (QED) is 0.824. The Kier molecular flexibility index (Phi) is 3.52. The van der Waals surface area contributed by atoms with E-state index in [2.05, 4.69) is 4.98 Å². The molecule has 1 heterocycles. The first-order valence-electron chi connectivity index (χ1n) is 4.88. The fourth-order valence-corrected chi connectivity index (χ4v) is 2.24. The summed E-state index contributed by atoms with van der Waals surface area (Å²) in [5, 5.41) is 0.416. The Morgan fingerprint density at radius 1 is 1.17 bits per heavy atom. The Morgan fingerprint density at radius 2 is 1.83 bits per heavy atom. The zero-order valence-corrected chi connectivity index (χ0v) is 11.4. The Morgan fingerprint density at radius 3 is 2.44 bits per heavy atom. The number of aryl methyl sites for hydroxylation is 1. The lowest BCUT2D eigenvalue weighted by molar-refractivity contribution is 0.875. The molecule has 94 valence electrons. The van der Waals surface area contributed by atoms with Crippen LogP contribution in [0.5, 0.6) is 0 Å². The number of aromatic nitrogens is 2. The van der Waals surface area contributed by atoms with Gasteiger partial charge in [0.05, 0.1) is 15.7 Å². The molecule has 1 aromatic carbocycles. The van der Waals surface area contributed by atoms with Crippen LogP contribution in [-0.4, -0.2) is 9.55 Å². The average molecular weight is 306 g/mol. The van der Waals surface area contributed by atoms with E-state index in [1.807, 2.05) is 0 Å². The zero-order chi connectivity index (χ0) is 13.4. The van der Waals surface area contributed by atoms with Crippen LogP contribution in [0.4, 0.5) is 0 Å². The highest BCUT2D eigenvalue weighted by Crippen LogP contribution is 2.29. The van der Waals surface area contributed by atoms with Crippen molar-refractivity contribution in [1.29, 1.82) is 0 Å². The molecule has 0 radical (unpaired) electrons. The summed E-state index contributed by atoms with van der Waals surface area (Å²) in [5.41, 5.74) is -0.432. The molecule has 0 fully saturated rings. The molecule has 1 N–H and O–H groups in total. The van der Waals surface area contributed by atoms with E-state index in [0.29, 0.717) is 5.56 Å². The van der Waals surface area contributed by atoms with Gasteiger partial charge in [0.1, 0.15) is 5.15 Å². The van der Waals surface area contributed by atoms with Crippen LogP contribution in [0.1, 0.15) is 5.56 Å². The summed E-state index contributed by atoms with van der Waals surface area (Å²) >= 11 is 17.7. The third-order valence-corrected chi connectivity index (χ3v) is 3.37. The van der Waals surface area contributed by atoms with Gasteiger partial charge in [-0.3, -0.25) is 9.78 Å². The molecule has 0 aliphatic carbocycles. The van der Waals surface area contributed by atoms with E-state index in [-0.39, 0.29) is 20.9 Å². The summed E-state index contributed by atoms with van der Waals surface area (Å²) in [7, 11) is 0. The minimum atomic E-state index is -0.693. The second-order valence-corrected chi connectivity index (χ2v) is 4.82. The minimum Gasteiger partial charge on any atom is -0.297 e. The molecule has 0 spiro atoms. The van der Waals surface area contributed by atoms with E-state index >= 15 is 0 Å². The van der Waals surface area contributed by atoms with E-state index in [9.17, 15) is 9.59 Å². The molecule has 2 aromatic rings. The van der Waals surface area contributed by atoms with Crippen LogP contribution in [0, 0.1) is 6.92 Å². The molecular formula is C11H7Cl3N2O2. The van der Waals surface area contributed by atoms with Gasteiger partial charge in [-0.15, -0.1) is 0 Å². The van der Waals surface area contributed by atoms with Crippen LogP contribution in [0.15, 0.2) is 27.8 Å². The van der Waals surface area contributed by atoms with Gasteiger partial charge in [0, 0.05) is 6.07 Å². The number of hydrogen-bond donors (Lipinski definition) is 1. The van der Waals surface area contributed by atoms with Gasteiger partial charge in [-0.1, -0.05) is 40.9 Å². The van der Waals surface area contributed by atoms with Crippen molar-refractivity contribution in [3.8, 4) is 5.69 Å². The van der Waals surface area contributed by atoms with Crippen molar-refractivity contribution in [3.05, 3.63) is 59.8 Å².